The minimum atomic E-state index is -3.40. The van der Waals surface area contributed by atoms with Crippen LogP contribution in [0.25, 0.3) is 10.9 Å². The Morgan fingerprint density at radius 3 is 2.72 bits per heavy atom. The van der Waals surface area contributed by atoms with Crippen molar-refractivity contribution >= 4 is 26.8 Å². The Labute approximate surface area is 143 Å². The zero-order chi connectivity index (χ0) is 18.0. The molecule has 3 rings (SSSR count). The number of nitrogens with one attached hydrogen (secondary N) is 2. The third-order valence-electron chi connectivity index (χ3n) is 4.16. The summed E-state index contributed by atoms with van der Waals surface area (Å²) < 4.78 is 39.4. The number of benzene rings is 1. The molecule has 0 atom stereocenters. The number of nitrogens with zero attached hydrogens (tertiary/aromatic N) is 1. The Hall–Kier alpha value is -2.26. The molecule has 2 heterocycles. The second-order valence-corrected chi connectivity index (χ2v) is 7.98. The van der Waals surface area contributed by atoms with Gasteiger partial charge in [0.05, 0.1) is 11.3 Å². The van der Waals surface area contributed by atoms with Gasteiger partial charge in [-0.3, -0.25) is 9.59 Å². The van der Waals surface area contributed by atoms with Gasteiger partial charge in [-0.15, -0.1) is 0 Å². The van der Waals surface area contributed by atoms with Crippen LogP contribution in [-0.2, 0) is 10.0 Å². The molecule has 1 amide bonds. The lowest BCUT2D eigenvalue weighted by atomic mass is 10.2. The number of aromatic nitrogens is 1. The normalized spacial score (nSPS) is 15.6. The van der Waals surface area contributed by atoms with E-state index in [2.05, 4.69) is 10.3 Å². The Kier molecular flexibility index (Phi) is 4.87. The maximum atomic E-state index is 13.8. The van der Waals surface area contributed by atoms with E-state index in [1.54, 1.807) is 0 Å². The maximum Gasteiger partial charge on any atom is 0.267 e. The van der Waals surface area contributed by atoms with Gasteiger partial charge in [0.25, 0.3) is 5.91 Å². The molecule has 25 heavy (non-hydrogen) atoms. The molecule has 1 aliphatic heterocycles. The summed E-state index contributed by atoms with van der Waals surface area (Å²) in [6.45, 7) is 0.927. The molecule has 0 radical (unpaired) electrons. The Balaban J connectivity index is 1.70. The monoisotopic (exact) mass is 367 g/mol. The average molecular weight is 367 g/mol. The van der Waals surface area contributed by atoms with Gasteiger partial charge in [0.2, 0.25) is 10.0 Å². The van der Waals surface area contributed by atoms with E-state index in [9.17, 15) is 22.4 Å². The first kappa shape index (κ1) is 17.6. The minimum absolute atomic E-state index is 0.0511. The maximum absolute atomic E-state index is 13.8. The molecular formula is C16H18FN3O4S. The molecule has 0 saturated carbocycles. The summed E-state index contributed by atoms with van der Waals surface area (Å²) in [5.41, 5.74) is -0.644. The molecule has 1 aromatic carbocycles. The molecule has 1 saturated heterocycles. The number of aromatic amines is 1. The molecule has 7 nitrogen and oxygen atoms in total. The van der Waals surface area contributed by atoms with Crippen molar-refractivity contribution in [3.8, 4) is 0 Å². The van der Waals surface area contributed by atoms with Crippen LogP contribution in [0.5, 0.6) is 0 Å². The molecular weight excluding hydrogens is 349 g/mol. The van der Waals surface area contributed by atoms with Gasteiger partial charge in [-0.2, -0.15) is 0 Å². The van der Waals surface area contributed by atoms with Gasteiger partial charge >= 0.3 is 0 Å². The van der Waals surface area contributed by atoms with Crippen molar-refractivity contribution in [1.29, 1.82) is 0 Å². The summed E-state index contributed by atoms with van der Waals surface area (Å²) in [5, 5.41) is 2.60. The number of sulfonamides is 1. The van der Waals surface area contributed by atoms with Crippen LogP contribution < -0.4 is 10.7 Å². The molecule has 2 N–H and O–H groups in total. The number of amides is 1. The van der Waals surface area contributed by atoms with Crippen molar-refractivity contribution in [3.05, 3.63) is 46.0 Å². The molecule has 0 bridgehead atoms. The van der Waals surface area contributed by atoms with Gasteiger partial charge < -0.3 is 10.3 Å². The molecule has 9 heteroatoms. The second-order valence-electron chi connectivity index (χ2n) is 5.89. The number of pyridine rings is 1. The van der Waals surface area contributed by atoms with Gasteiger partial charge in [0.15, 0.2) is 5.43 Å². The van der Waals surface area contributed by atoms with Gasteiger partial charge in [0.1, 0.15) is 11.5 Å². The van der Waals surface area contributed by atoms with E-state index in [1.807, 2.05) is 0 Å². The van der Waals surface area contributed by atoms with E-state index in [4.69, 9.17) is 0 Å². The van der Waals surface area contributed by atoms with E-state index < -0.39 is 27.2 Å². The summed E-state index contributed by atoms with van der Waals surface area (Å²) in [6, 6.07) is 5.13. The fourth-order valence-corrected chi connectivity index (χ4v) is 4.28. The molecule has 0 spiro atoms. The van der Waals surface area contributed by atoms with Crippen LogP contribution >= 0.6 is 0 Å². The fraction of sp³-hybridized carbons (Fsp3) is 0.375. The van der Waals surface area contributed by atoms with E-state index in [1.165, 1.54) is 22.5 Å². The number of hydrogen-bond acceptors (Lipinski definition) is 4. The number of carbonyl (C=O) groups is 1. The lowest BCUT2D eigenvalue weighted by Crippen LogP contribution is -2.36. The zero-order valence-electron chi connectivity index (χ0n) is 13.4. The number of H-pyrrole nitrogens is 1. The lowest BCUT2D eigenvalue weighted by Gasteiger charge is -2.15. The Bertz CT molecular complexity index is 965. The summed E-state index contributed by atoms with van der Waals surface area (Å²) >= 11 is 0. The standard InChI is InChI=1S/C16H18FN3O4S/c17-12-5-3-4-11-14(21)10-13(19-15(11)12)16(22)18-6-9-25(23,24)20-7-1-2-8-20/h3-5,10H,1-2,6-9H2,(H,18,22)(H,19,21). The van der Waals surface area contributed by atoms with E-state index in [0.29, 0.717) is 13.1 Å². The smallest absolute Gasteiger partial charge is 0.267 e. The summed E-state index contributed by atoms with van der Waals surface area (Å²) in [6.07, 6.45) is 1.69. The molecule has 1 aliphatic rings. The molecule has 134 valence electrons. The fourth-order valence-electron chi connectivity index (χ4n) is 2.84. The van der Waals surface area contributed by atoms with Crippen LogP contribution in [0.15, 0.2) is 29.1 Å². The van der Waals surface area contributed by atoms with Crippen LogP contribution in [0.4, 0.5) is 4.39 Å². The quantitative estimate of drug-likeness (QED) is 0.817. The molecule has 0 unspecified atom stereocenters. The number of carbonyl (C=O) groups excluding carboxylic acids is 1. The van der Waals surface area contributed by atoms with Crippen molar-refractivity contribution in [3.63, 3.8) is 0 Å². The van der Waals surface area contributed by atoms with Crippen LogP contribution in [0.1, 0.15) is 23.3 Å². The first-order valence-corrected chi connectivity index (χ1v) is 9.57. The van der Waals surface area contributed by atoms with E-state index in [0.717, 1.165) is 18.9 Å². The van der Waals surface area contributed by atoms with Crippen LogP contribution in [0, 0.1) is 5.82 Å². The topological polar surface area (TPSA) is 99.3 Å². The first-order chi connectivity index (χ1) is 11.9. The number of para-hydroxylation sites is 1. The number of halogens is 1. The third kappa shape index (κ3) is 3.72. The summed E-state index contributed by atoms with van der Waals surface area (Å²) in [5.74, 6) is -1.51. The van der Waals surface area contributed by atoms with Crippen LogP contribution in [0.2, 0.25) is 0 Å². The Morgan fingerprint density at radius 1 is 1.28 bits per heavy atom. The van der Waals surface area contributed by atoms with Gasteiger partial charge in [0, 0.05) is 31.1 Å². The first-order valence-electron chi connectivity index (χ1n) is 7.96. The lowest BCUT2D eigenvalue weighted by molar-refractivity contribution is 0.0951. The third-order valence-corrected chi connectivity index (χ3v) is 6.03. The van der Waals surface area contributed by atoms with Crippen molar-refractivity contribution in [2.75, 3.05) is 25.4 Å². The van der Waals surface area contributed by atoms with E-state index in [-0.39, 0.29) is 28.9 Å². The van der Waals surface area contributed by atoms with Crippen molar-refractivity contribution < 1.29 is 17.6 Å². The van der Waals surface area contributed by atoms with Crippen LogP contribution in [0.3, 0.4) is 0 Å². The largest absolute Gasteiger partial charge is 0.350 e. The predicted octanol–water partition coefficient (Wildman–Crippen LogP) is 0.823. The van der Waals surface area contributed by atoms with Crippen molar-refractivity contribution in [1.82, 2.24) is 14.6 Å². The van der Waals surface area contributed by atoms with E-state index >= 15 is 0 Å². The average Bonchev–Trinajstić information content (AvgIpc) is 3.11. The highest BCUT2D eigenvalue weighted by atomic mass is 32.2. The van der Waals surface area contributed by atoms with Crippen LogP contribution in [-0.4, -0.2) is 49.0 Å². The summed E-state index contributed by atoms with van der Waals surface area (Å²) in [7, 11) is -3.40. The second kappa shape index (κ2) is 6.93. The van der Waals surface area contributed by atoms with Crippen molar-refractivity contribution in [2.24, 2.45) is 0 Å². The SMILES string of the molecule is O=C(NCCS(=O)(=O)N1CCCC1)c1cc(=O)c2cccc(F)c2[nH]1. The highest BCUT2D eigenvalue weighted by molar-refractivity contribution is 7.89. The van der Waals surface area contributed by atoms with Gasteiger partial charge in [-0.25, -0.2) is 17.1 Å². The molecule has 0 aliphatic carbocycles. The number of fused-ring (bicyclic) bond motifs is 1. The van der Waals surface area contributed by atoms with Gasteiger partial charge in [-0.1, -0.05) is 6.07 Å². The number of hydrogen-bond donors (Lipinski definition) is 2. The highest BCUT2D eigenvalue weighted by Gasteiger charge is 2.25. The minimum Gasteiger partial charge on any atom is -0.350 e. The molecule has 1 fully saturated rings. The van der Waals surface area contributed by atoms with Gasteiger partial charge in [-0.05, 0) is 25.0 Å². The number of rotatable bonds is 5. The molecule has 1 aromatic heterocycles. The van der Waals surface area contributed by atoms with Crippen molar-refractivity contribution in [2.45, 2.75) is 12.8 Å². The molecule has 2 aromatic rings. The summed E-state index contributed by atoms with van der Waals surface area (Å²) in [4.78, 5) is 26.7. The highest BCUT2D eigenvalue weighted by Crippen LogP contribution is 2.13. The predicted molar refractivity (Wildman–Crippen MR) is 91.5 cm³/mol. The Morgan fingerprint density at radius 2 is 2.00 bits per heavy atom. The zero-order valence-corrected chi connectivity index (χ0v) is 14.2.